The predicted octanol–water partition coefficient (Wildman–Crippen LogP) is 2.29. The van der Waals surface area contributed by atoms with Crippen molar-refractivity contribution in [1.82, 2.24) is 0 Å². The van der Waals surface area contributed by atoms with Crippen molar-refractivity contribution in [3.8, 4) is 0 Å². The molecule has 1 amide bonds. The van der Waals surface area contributed by atoms with Crippen LogP contribution < -0.4 is 5.73 Å². The molecule has 0 fully saturated rings. The van der Waals surface area contributed by atoms with E-state index in [0.29, 0.717) is 13.2 Å². The summed E-state index contributed by atoms with van der Waals surface area (Å²) in [4.78, 5) is 10.7. The van der Waals surface area contributed by atoms with Crippen LogP contribution in [-0.2, 0) is 15.9 Å². The molecule has 0 aliphatic carbocycles. The Morgan fingerprint density at radius 3 is 2.84 bits per heavy atom. The van der Waals surface area contributed by atoms with Crippen LogP contribution in [0.3, 0.4) is 0 Å². The molecule has 102 valence electrons. The van der Waals surface area contributed by atoms with Crippen molar-refractivity contribution in [3.05, 3.63) is 48.0 Å². The number of primary amides is 1. The first-order valence-electron chi connectivity index (χ1n) is 6.50. The standard InChI is InChI=1S/C15H19NO3/c16-15(17)19-11-13(14-7-4-10-18-14)9-8-12-5-2-1-3-6-12/h1-7,13-14H,8-11H2,(H2,16,17)/t13-,14-/m0/s1. The number of carbonyl (C=O) groups excluding carboxylic acids is 1. The summed E-state index contributed by atoms with van der Waals surface area (Å²) in [5, 5.41) is 0. The number of ether oxygens (including phenoxy) is 2. The Morgan fingerprint density at radius 2 is 2.21 bits per heavy atom. The summed E-state index contributed by atoms with van der Waals surface area (Å²) in [6.45, 7) is 0.931. The lowest BCUT2D eigenvalue weighted by atomic mass is 9.95. The number of aryl methyl sites for hydroxylation is 1. The summed E-state index contributed by atoms with van der Waals surface area (Å²) in [6.07, 6.45) is 5.13. The molecule has 1 aromatic carbocycles. The van der Waals surface area contributed by atoms with E-state index < -0.39 is 6.09 Å². The molecule has 2 N–H and O–H groups in total. The van der Waals surface area contributed by atoms with Gasteiger partial charge in [-0.2, -0.15) is 0 Å². The van der Waals surface area contributed by atoms with Gasteiger partial charge in [0.15, 0.2) is 0 Å². The molecule has 2 atom stereocenters. The maximum Gasteiger partial charge on any atom is 0.404 e. The highest BCUT2D eigenvalue weighted by Gasteiger charge is 2.23. The minimum absolute atomic E-state index is 0.0167. The summed E-state index contributed by atoms with van der Waals surface area (Å²) in [7, 11) is 0. The molecule has 0 bridgehead atoms. The molecular weight excluding hydrogens is 242 g/mol. The van der Waals surface area contributed by atoms with Crippen molar-refractivity contribution in [2.24, 2.45) is 11.7 Å². The Kier molecular flexibility index (Phi) is 4.98. The lowest BCUT2D eigenvalue weighted by molar-refractivity contribution is 0.0415. The summed E-state index contributed by atoms with van der Waals surface area (Å²) in [5.41, 5.74) is 6.30. The van der Waals surface area contributed by atoms with Crippen molar-refractivity contribution in [3.63, 3.8) is 0 Å². The number of benzene rings is 1. The lowest BCUT2D eigenvalue weighted by Crippen LogP contribution is -2.27. The molecule has 1 aliphatic heterocycles. The molecule has 0 radical (unpaired) electrons. The first-order valence-corrected chi connectivity index (χ1v) is 6.50. The van der Waals surface area contributed by atoms with E-state index in [4.69, 9.17) is 15.2 Å². The second-order valence-electron chi connectivity index (χ2n) is 4.64. The minimum Gasteiger partial charge on any atom is -0.449 e. The third-order valence-corrected chi connectivity index (χ3v) is 3.26. The fourth-order valence-electron chi connectivity index (χ4n) is 2.23. The van der Waals surface area contributed by atoms with Crippen molar-refractivity contribution in [2.75, 3.05) is 13.2 Å². The number of amides is 1. The van der Waals surface area contributed by atoms with E-state index in [9.17, 15) is 4.79 Å². The first kappa shape index (κ1) is 13.6. The van der Waals surface area contributed by atoms with Crippen molar-refractivity contribution < 1.29 is 14.3 Å². The largest absolute Gasteiger partial charge is 0.449 e. The molecule has 1 heterocycles. The van der Waals surface area contributed by atoms with Gasteiger partial charge in [-0.3, -0.25) is 0 Å². The second kappa shape index (κ2) is 6.95. The normalized spacial score (nSPS) is 19.3. The van der Waals surface area contributed by atoms with Gasteiger partial charge in [-0.15, -0.1) is 0 Å². The number of carbonyl (C=O) groups is 1. The van der Waals surface area contributed by atoms with Gasteiger partial charge in [-0.25, -0.2) is 4.79 Å². The molecule has 0 saturated heterocycles. The van der Waals surface area contributed by atoms with E-state index in [0.717, 1.165) is 12.8 Å². The van der Waals surface area contributed by atoms with E-state index in [2.05, 4.69) is 12.1 Å². The zero-order chi connectivity index (χ0) is 13.5. The van der Waals surface area contributed by atoms with Gasteiger partial charge in [0.2, 0.25) is 0 Å². The molecule has 0 unspecified atom stereocenters. The van der Waals surface area contributed by atoms with Gasteiger partial charge in [0.25, 0.3) is 0 Å². The average Bonchev–Trinajstić information content (AvgIpc) is 2.93. The van der Waals surface area contributed by atoms with E-state index in [1.807, 2.05) is 30.4 Å². The monoisotopic (exact) mass is 261 g/mol. The van der Waals surface area contributed by atoms with Crippen LogP contribution >= 0.6 is 0 Å². The molecule has 0 spiro atoms. The van der Waals surface area contributed by atoms with E-state index in [1.165, 1.54) is 5.56 Å². The third kappa shape index (κ3) is 4.41. The quantitative estimate of drug-likeness (QED) is 0.799. The molecule has 0 aromatic heterocycles. The van der Waals surface area contributed by atoms with Crippen LogP contribution in [0.2, 0.25) is 0 Å². The van der Waals surface area contributed by atoms with E-state index >= 15 is 0 Å². The molecule has 0 saturated carbocycles. The summed E-state index contributed by atoms with van der Waals surface area (Å²) < 4.78 is 10.5. The van der Waals surface area contributed by atoms with Crippen LogP contribution in [0, 0.1) is 5.92 Å². The second-order valence-corrected chi connectivity index (χ2v) is 4.64. The molecule has 1 aliphatic rings. The van der Waals surface area contributed by atoms with Crippen molar-refractivity contribution in [1.29, 1.82) is 0 Å². The molecule has 4 heteroatoms. The fraction of sp³-hybridized carbons (Fsp3) is 0.400. The van der Waals surface area contributed by atoms with Crippen LogP contribution in [0.1, 0.15) is 12.0 Å². The first-order chi connectivity index (χ1) is 9.25. The van der Waals surface area contributed by atoms with Crippen LogP contribution in [0.5, 0.6) is 0 Å². The summed E-state index contributed by atoms with van der Waals surface area (Å²) >= 11 is 0. The summed E-state index contributed by atoms with van der Waals surface area (Å²) in [6, 6.07) is 10.2. The molecular formula is C15H19NO3. The molecule has 1 aromatic rings. The Bertz CT molecular complexity index is 430. The van der Waals surface area contributed by atoms with Gasteiger partial charge in [-0.1, -0.05) is 42.5 Å². The molecule has 19 heavy (non-hydrogen) atoms. The van der Waals surface area contributed by atoms with Gasteiger partial charge in [0.05, 0.1) is 19.3 Å². The predicted molar refractivity (Wildman–Crippen MR) is 72.7 cm³/mol. The number of hydrogen-bond acceptors (Lipinski definition) is 3. The highest BCUT2D eigenvalue weighted by atomic mass is 16.5. The van der Waals surface area contributed by atoms with Crippen molar-refractivity contribution >= 4 is 6.09 Å². The topological polar surface area (TPSA) is 61.6 Å². The Morgan fingerprint density at radius 1 is 1.42 bits per heavy atom. The Hall–Kier alpha value is -1.81. The smallest absolute Gasteiger partial charge is 0.404 e. The van der Waals surface area contributed by atoms with Gasteiger partial charge in [-0.05, 0) is 18.4 Å². The highest BCUT2D eigenvalue weighted by molar-refractivity contribution is 5.64. The zero-order valence-corrected chi connectivity index (χ0v) is 10.8. The van der Waals surface area contributed by atoms with Gasteiger partial charge >= 0.3 is 6.09 Å². The highest BCUT2D eigenvalue weighted by Crippen LogP contribution is 2.20. The summed E-state index contributed by atoms with van der Waals surface area (Å²) in [5.74, 6) is 0.145. The van der Waals surface area contributed by atoms with Gasteiger partial charge in [0, 0.05) is 5.92 Å². The maximum absolute atomic E-state index is 10.7. The van der Waals surface area contributed by atoms with E-state index in [-0.39, 0.29) is 12.0 Å². The Balaban J connectivity index is 1.89. The minimum atomic E-state index is -0.730. The Labute approximate surface area is 113 Å². The SMILES string of the molecule is NC(=O)OC[C@H](CCc1ccccc1)[C@@H]1C=CCO1. The zero-order valence-electron chi connectivity index (χ0n) is 10.8. The van der Waals surface area contributed by atoms with Crippen molar-refractivity contribution in [2.45, 2.75) is 18.9 Å². The van der Waals surface area contributed by atoms with E-state index in [1.54, 1.807) is 0 Å². The number of hydrogen-bond donors (Lipinski definition) is 1. The van der Waals surface area contributed by atoms with Crippen LogP contribution in [0.25, 0.3) is 0 Å². The number of nitrogens with two attached hydrogens (primary N) is 1. The number of rotatable bonds is 6. The third-order valence-electron chi connectivity index (χ3n) is 3.26. The van der Waals surface area contributed by atoms with Crippen LogP contribution in [0.15, 0.2) is 42.5 Å². The van der Waals surface area contributed by atoms with Crippen LogP contribution in [-0.4, -0.2) is 25.4 Å². The fourth-order valence-corrected chi connectivity index (χ4v) is 2.23. The van der Waals surface area contributed by atoms with Gasteiger partial charge in [0.1, 0.15) is 0 Å². The average molecular weight is 261 g/mol. The maximum atomic E-state index is 10.7. The molecule has 4 nitrogen and oxygen atoms in total. The van der Waals surface area contributed by atoms with Gasteiger partial charge < -0.3 is 15.2 Å². The lowest BCUT2D eigenvalue weighted by Gasteiger charge is -2.21. The van der Waals surface area contributed by atoms with Crippen LogP contribution in [0.4, 0.5) is 4.79 Å². The molecule has 2 rings (SSSR count).